The Balaban J connectivity index is 1.79. The normalized spacial score (nSPS) is 11.8. The van der Waals surface area contributed by atoms with E-state index < -0.39 is 15.9 Å². The molecule has 7 heteroatoms. The minimum absolute atomic E-state index is 0.133. The number of carbonyl (C=O) groups excluding carboxylic acids is 1. The van der Waals surface area contributed by atoms with Crippen LogP contribution in [0.15, 0.2) is 82.8 Å². The highest BCUT2D eigenvalue weighted by molar-refractivity contribution is 7.92. The molecule has 0 heterocycles. The minimum atomic E-state index is -3.96. The van der Waals surface area contributed by atoms with Crippen LogP contribution in [0.5, 0.6) is 0 Å². The number of anilines is 1. The van der Waals surface area contributed by atoms with Gasteiger partial charge in [0, 0.05) is 5.71 Å². The lowest BCUT2D eigenvalue weighted by Gasteiger charge is -2.25. The number of amides is 1. The van der Waals surface area contributed by atoms with E-state index in [1.165, 1.54) is 5.56 Å². The van der Waals surface area contributed by atoms with Gasteiger partial charge in [0.25, 0.3) is 15.9 Å². The number of benzene rings is 3. The van der Waals surface area contributed by atoms with Gasteiger partial charge in [0.15, 0.2) is 0 Å². The maximum Gasteiger partial charge on any atom is 0.264 e. The van der Waals surface area contributed by atoms with E-state index in [-0.39, 0.29) is 11.4 Å². The second-order valence-corrected chi connectivity index (χ2v) is 10.3. The van der Waals surface area contributed by atoms with Gasteiger partial charge in [0.1, 0.15) is 6.54 Å². The summed E-state index contributed by atoms with van der Waals surface area (Å²) in [5, 5.41) is 4.18. The van der Waals surface area contributed by atoms with Crippen LogP contribution in [-0.4, -0.2) is 26.6 Å². The van der Waals surface area contributed by atoms with Crippen LogP contribution in [0.25, 0.3) is 0 Å². The van der Waals surface area contributed by atoms with E-state index in [1.54, 1.807) is 30.3 Å². The summed E-state index contributed by atoms with van der Waals surface area (Å²) in [5.41, 5.74) is 7.67. The highest BCUT2D eigenvalue weighted by Gasteiger charge is 2.28. The van der Waals surface area contributed by atoms with Crippen molar-refractivity contribution in [3.05, 3.63) is 95.1 Å². The van der Waals surface area contributed by atoms with Gasteiger partial charge in [0.2, 0.25) is 0 Å². The number of nitrogens with one attached hydrogen (secondary N) is 1. The summed E-state index contributed by atoms with van der Waals surface area (Å²) in [4.78, 5) is 12.9. The highest BCUT2D eigenvalue weighted by atomic mass is 32.2. The van der Waals surface area contributed by atoms with Crippen LogP contribution in [0.2, 0.25) is 0 Å². The average molecular weight is 478 g/mol. The van der Waals surface area contributed by atoms with Gasteiger partial charge in [-0.2, -0.15) is 5.10 Å². The molecular weight excluding hydrogens is 446 g/mol. The number of rotatable bonds is 9. The largest absolute Gasteiger partial charge is 0.271 e. The van der Waals surface area contributed by atoms with Gasteiger partial charge >= 0.3 is 0 Å². The van der Waals surface area contributed by atoms with Gasteiger partial charge in [-0.25, -0.2) is 13.8 Å². The maximum atomic E-state index is 13.5. The molecule has 0 aliphatic carbocycles. The third-order valence-corrected chi connectivity index (χ3v) is 7.28. The molecule has 0 fully saturated rings. The van der Waals surface area contributed by atoms with Crippen molar-refractivity contribution in [3.63, 3.8) is 0 Å². The topological polar surface area (TPSA) is 78.8 Å². The molecule has 0 spiro atoms. The molecule has 0 saturated heterocycles. The number of aryl methyl sites for hydroxylation is 4. The Morgan fingerprint density at radius 1 is 0.912 bits per heavy atom. The predicted molar refractivity (Wildman–Crippen MR) is 138 cm³/mol. The van der Waals surface area contributed by atoms with Crippen molar-refractivity contribution in [1.29, 1.82) is 0 Å². The molecule has 0 aliphatic rings. The smallest absolute Gasteiger partial charge is 0.264 e. The Bertz CT molecular complexity index is 1270. The second-order valence-electron chi connectivity index (χ2n) is 8.48. The van der Waals surface area contributed by atoms with E-state index in [4.69, 9.17) is 0 Å². The molecule has 0 radical (unpaired) electrons. The third-order valence-electron chi connectivity index (χ3n) is 5.51. The summed E-state index contributed by atoms with van der Waals surface area (Å²) in [5.74, 6) is -0.505. The lowest BCUT2D eigenvalue weighted by molar-refractivity contribution is -0.119. The zero-order valence-corrected chi connectivity index (χ0v) is 20.9. The van der Waals surface area contributed by atoms with Gasteiger partial charge in [-0.15, -0.1) is 0 Å². The number of sulfonamides is 1. The van der Waals surface area contributed by atoms with Crippen molar-refractivity contribution in [2.75, 3.05) is 10.8 Å². The van der Waals surface area contributed by atoms with Crippen molar-refractivity contribution in [2.24, 2.45) is 5.10 Å². The molecule has 1 amide bonds. The first-order valence-corrected chi connectivity index (χ1v) is 12.6. The van der Waals surface area contributed by atoms with Crippen LogP contribution >= 0.6 is 0 Å². The third kappa shape index (κ3) is 6.54. The minimum Gasteiger partial charge on any atom is -0.271 e. The summed E-state index contributed by atoms with van der Waals surface area (Å²) in [6, 6.07) is 22.1. The number of hydrogen-bond acceptors (Lipinski definition) is 4. The number of carbonyl (C=O) groups is 1. The first kappa shape index (κ1) is 25.2. The van der Waals surface area contributed by atoms with Crippen molar-refractivity contribution >= 4 is 27.3 Å². The molecule has 0 bridgehead atoms. The summed E-state index contributed by atoms with van der Waals surface area (Å²) in [6.07, 6.45) is 1.50. The molecule has 0 unspecified atom stereocenters. The molecular formula is C27H31N3O3S. The van der Waals surface area contributed by atoms with Crippen LogP contribution in [0.3, 0.4) is 0 Å². The summed E-state index contributed by atoms with van der Waals surface area (Å²) < 4.78 is 28.2. The molecule has 0 aromatic heterocycles. The molecule has 0 saturated carbocycles. The van der Waals surface area contributed by atoms with Gasteiger partial charge in [-0.1, -0.05) is 65.7 Å². The average Bonchev–Trinajstić information content (AvgIpc) is 2.81. The zero-order chi connectivity index (χ0) is 24.7. The molecule has 3 aromatic carbocycles. The summed E-state index contributed by atoms with van der Waals surface area (Å²) in [6.45, 7) is 7.13. The first-order valence-electron chi connectivity index (χ1n) is 11.2. The first-order chi connectivity index (χ1) is 16.2. The fourth-order valence-electron chi connectivity index (χ4n) is 3.57. The Morgan fingerprint density at radius 3 is 2.21 bits per heavy atom. The van der Waals surface area contributed by atoms with E-state index in [9.17, 15) is 13.2 Å². The molecule has 0 aliphatic heterocycles. The maximum absolute atomic E-state index is 13.5. The lowest BCUT2D eigenvalue weighted by Crippen LogP contribution is -2.40. The molecule has 6 nitrogen and oxygen atoms in total. The van der Waals surface area contributed by atoms with Gasteiger partial charge in [0.05, 0.1) is 10.6 Å². The fraction of sp³-hybridized carbons (Fsp3) is 0.259. The quantitative estimate of drug-likeness (QED) is 0.350. The van der Waals surface area contributed by atoms with Crippen LogP contribution in [-0.2, 0) is 21.2 Å². The zero-order valence-electron chi connectivity index (χ0n) is 20.1. The molecule has 1 N–H and O–H groups in total. The standard InChI is InChI=1S/C27H31N3O3S/c1-20-10-15-25(16-11-20)34(32,33)30(26-17-12-21(2)18-22(26)3)19-27(31)29-28-23(4)13-14-24-8-6-5-7-9-24/h5-12,15-18H,13-14,19H2,1-4H3,(H,29,31)/b28-23-. The van der Waals surface area contributed by atoms with E-state index >= 15 is 0 Å². The van der Waals surface area contributed by atoms with Gasteiger partial charge in [-0.3, -0.25) is 9.10 Å². The van der Waals surface area contributed by atoms with Crippen molar-refractivity contribution in [1.82, 2.24) is 5.43 Å². The Kier molecular flexibility index (Phi) is 8.23. The van der Waals surface area contributed by atoms with E-state index in [0.29, 0.717) is 12.1 Å². The van der Waals surface area contributed by atoms with Crippen molar-refractivity contribution < 1.29 is 13.2 Å². The van der Waals surface area contributed by atoms with Crippen LogP contribution in [0.4, 0.5) is 5.69 Å². The Labute approximate surface area is 202 Å². The highest BCUT2D eigenvalue weighted by Crippen LogP contribution is 2.27. The molecule has 178 valence electrons. The molecule has 3 rings (SSSR count). The molecule has 0 atom stereocenters. The molecule has 3 aromatic rings. The van der Waals surface area contributed by atoms with E-state index in [0.717, 1.165) is 33.1 Å². The number of nitrogens with zero attached hydrogens (tertiary/aromatic N) is 2. The molecule has 34 heavy (non-hydrogen) atoms. The Morgan fingerprint density at radius 2 is 1.56 bits per heavy atom. The van der Waals surface area contributed by atoms with Crippen LogP contribution in [0.1, 0.15) is 35.6 Å². The summed E-state index contributed by atoms with van der Waals surface area (Å²) in [7, 11) is -3.96. The number of hydrogen-bond donors (Lipinski definition) is 1. The fourth-order valence-corrected chi connectivity index (χ4v) is 5.06. The Hall–Kier alpha value is -3.45. The number of hydrazone groups is 1. The van der Waals surface area contributed by atoms with Crippen molar-refractivity contribution in [3.8, 4) is 0 Å². The second kappa shape index (κ2) is 11.1. The SMILES string of the molecule is C/C(CCc1ccccc1)=N/NC(=O)CN(c1ccc(C)cc1C)S(=O)(=O)c1ccc(C)cc1. The predicted octanol–water partition coefficient (Wildman–Crippen LogP) is 4.93. The van der Waals surface area contributed by atoms with Crippen LogP contribution < -0.4 is 9.73 Å². The summed E-state index contributed by atoms with van der Waals surface area (Å²) >= 11 is 0. The van der Waals surface area contributed by atoms with E-state index in [1.807, 2.05) is 70.2 Å². The van der Waals surface area contributed by atoms with E-state index in [2.05, 4.69) is 10.5 Å². The van der Waals surface area contributed by atoms with Crippen LogP contribution in [0, 0.1) is 20.8 Å². The lowest BCUT2D eigenvalue weighted by atomic mass is 10.1. The van der Waals surface area contributed by atoms with Gasteiger partial charge in [-0.05, 0) is 69.9 Å². The van der Waals surface area contributed by atoms with Gasteiger partial charge < -0.3 is 0 Å². The van der Waals surface area contributed by atoms with Crippen molar-refractivity contribution in [2.45, 2.75) is 45.4 Å². The monoisotopic (exact) mass is 477 g/mol.